The Morgan fingerprint density at radius 3 is 2.70 bits per heavy atom. The van der Waals surface area contributed by atoms with Crippen molar-refractivity contribution in [2.75, 3.05) is 26.8 Å². The molecular weight excluding hydrogens is 264 g/mol. The molecule has 1 amide bonds. The lowest BCUT2D eigenvalue weighted by Gasteiger charge is -2.23. The fourth-order valence-corrected chi connectivity index (χ4v) is 2.23. The van der Waals surface area contributed by atoms with Gasteiger partial charge in [0.25, 0.3) is 0 Å². The first-order valence-electron chi connectivity index (χ1n) is 6.77. The average molecular weight is 286 g/mol. The molecule has 0 aromatic rings. The van der Waals surface area contributed by atoms with Crippen LogP contribution in [0.15, 0.2) is 0 Å². The minimum atomic E-state index is -0.697. The summed E-state index contributed by atoms with van der Waals surface area (Å²) in [4.78, 5) is 36.6. The highest BCUT2D eigenvalue weighted by molar-refractivity contribution is 5.87. The van der Waals surface area contributed by atoms with Gasteiger partial charge in [-0.3, -0.25) is 14.5 Å². The van der Waals surface area contributed by atoms with E-state index in [1.807, 2.05) is 0 Å². The molecule has 1 aliphatic rings. The van der Waals surface area contributed by atoms with Crippen molar-refractivity contribution in [1.82, 2.24) is 10.2 Å². The van der Waals surface area contributed by atoms with Crippen molar-refractivity contribution >= 4 is 17.8 Å². The largest absolute Gasteiger partial charge is 0.467 e. The number of ether oxygens (including phenoxy) is 2. The van der Waals surface area contributed by atoms with E-state index in [2.05, 4.69) is 10.1 Å². The summed E-state index contributed by atoms with van der Waals surface area (Å²) in [5.74, 6) is -1.09. The molecule has 1 N–H and O–H groups in total. The van der Waals surface area contributed by atoms with Crippen LogP contribution in [0.4, 0.5) is 0 Å². The van der Waals surface area contributed by atoms with Gasteiger partial charge in [0.05, 0.1) is 26.3 Å². The van der Waals surface area contributed by atoms with Gasteiger partial charge in [-0.25, -0.2) is 4.79 Å². The van der Waals surface area contributed by atoms with Crippen molar-refractivity contribution in [3.8, 4) is 0 Å². The quantitative estimate of drug-likeness (QED) is 0.674. The van der Waals surface area contributed by atoms with Crippen LogP contribution in [0.2, 0.25) is 0 Å². The number of carbonyl (C=O) groups excluding carboxylic acids is 3. The average Bonchev–Trinajstić information content (AvgIpc) is 2.85. The standard InChI is InChI=1S/C13H22N2O5/c1-4-20-11(16)8-15-7-5-6-10(15)12(17)14-9(2)13(18)19-3/h9-10H,4-8H2,1-3H3,(H,14,17)/t9-,10-/m0/s1. The monoisotopic (exact) mass is 286 g/mol. The molecule has 0 unspecified atom stereocenters. The number of rotatable bonds is 6. The zero-order chi connectivity index (χ0) is 15.1. The highest BCUT2D eigenvalue weighted by Gasteiger charge is 2.33. The van der Waals surface area contributed by atoms with E-state index < -0.39 is 18.1 Å². The first-order chi connectivity index (χ1) is 9.49. The maximum Gasteiger partial charge on any atom is 0.328 e. The van der Waals surface area contributed by atoms with E-state index in [0.29, 0.717) is 19.6 Å². The van der Waals surface area contributed by atoms with Crippen molar-refractivity contribution in [2.45, 2.75) is 38.8 Å². The minimum absolute atomic E-state index is 0.0958. The van der Waals surface area contributed by atoms with E-state index in [1.165, 1.54) is 7.11 Å². The number of hydrogen-bond acceptors (Lipinski definition) is 6. The molecule has 0 aliphatic carbocycles. The zero-order valence-electron chi connectivity index (χ0n) is 12.2. The van der Waals surface area contributed by atoms with Crippen LogP contribution >= 0.6 is 0 Å². The lowest BCUT2D eigenvalue weighted by Crippen LogP contribution is -2.49. The van der Waals surface area contributed by atoms with Crippen molar-refractivity contribution in [3.05, 3.63) is 0 Å². The molecule has 1 heterocycles. The predicted molar refractivity (Wildman–Crippen MR) is 70.8 cm³/mol. The van der Waals surface area contributed by atoms with E-state index in [9.17, 15) is 14.4 Å². The fourth-order valence-electron chi connectivity index (χ4n) is 2.23. The third kappa shape index (κ3) is 4.48. The van der Waals surface area contributed by atoms with Crippen molar-refractivity contribution in [2.24, 2.45) is 0 Å². The molecule has 20 heavy (non-hydrogen) atoms. The summed E-state index contributed by atoms with van der Waals surface area (Å²) < 4.78 is 9.44. The van der Waals surface area contributed by atoms with E-state index in [-0.39, 0.29) is 18.4 Å². The summed E-state index contributed by atoms with van der Waals surface area (Å²) >= 11 is 0. The Balaban J connectivity index is 2.53. The number of methoxy groups -OCH3 is 1. The van der Waals surface area contributed by atoms with Gasteiger partial charge in [-0.15, -0.1) is 0 Å². The Bertz CT molecular complexity index is 372. The smallest absolute Gasteiger partial charge is 0.328 e. The minimum Gasteiger partial charge on any atom is -0.467 e. The molecule has 114 valence electrons. The molecule has 0 spiro atoms. The number of esters is 2. The van der Waals surface area contributed by atoms with Gasteiger partial charge in [0.1, 0.15) is 6.04 Å². The number of hydrogen-bond donors (Lipinski definition) is 1. The highest BCUT2D eigenvalue weighted by Crippen LogP contribution is 2.17. The van der Waals surface area contributed by atoms with Gasteiger partial charge >= 0.3 is 11.9 Å². The van der Waals surface area contributed by atoms with Gasteiger partial charge in [0, 0.05) is 0 Å². The second kappa shape index (κ2) is 7.84. The summed E-state index contributed by atoms with van der Waals surface area (Å²) in [7, 11) is 1.27. The third-order valence-electron chi connectivity index (χ3n) is 3.22. The molecule has 1 fully saturated rings. The summed E-state index contributed by atoms with van der Waals surface area (Å²) in [6, 6.07) is -1.09. The topological polar surface area (TPSA) is 84.9 Å². The van der Waals surface area contributed by atoms with Crippen LogP contribution in [0.25, 0.3) is 0 Å². The predicted octanol–water partition coefficient (Wildman–Crippen LogP) is -0.308. The molecule has 2 atom stereocenters. The second-order valence-electron chi connectivity index (χ2n) is 4.69. The number of nitrogens with zero attached hydrogens (tertiary/aromatic N) is 1. The van der Waals surface area contributed by atoms with Crippen LogP contribution in [-0.2, 0) is 23.9 Å². The molecule has 0 bridgehead atoms. The van der Waals surface area contributed by atoms with Gasteiger partial charge in [0.2, 0.25) is 5.91 Å². The normalized spacial score (nSPS) is 20.2. The number of amides is 1. The third-order valence-corrected chi connectivity index (χ3v) is 3.22. The second-order valence-corrected chi connectivity index (χ2v) is 4.69. The lowest BCUT2D eigenvalue weighted by atomic mass is 10.2. The van der Waals surface area contributed by atoms with Crippen LogP contribution in [0.3, 0.4) is 0 Å². The molecular formula is C13H22N2O5. The number of likely N-dealkylation sites (tertiary alicyclic amines) is 1. The Morgan fingerprint density at radius 1 is 1.40 bits per heavy atom. The molecule has 0 aromatic heterocycles. The maximum atomic E-state index is 12.1. The first-order valence-corrected chi connectivity index (χ1v) is 6.77. The van der Waals surface area contributed by atoms with E-state index in [4.69, 9.17) is 4.74 Å². The molecule has 7 heteroatoms. The molecule has 0 saturated carbocycles. The van der Waals surface area contributed by atoms with Gasteiger partial charge < -0.3 is 14.8 Å². The Kier molecular flexibility index (Phi) is 6.44. The van der Waals surface area contributed by atoms with Gasteiger partial charge in [0.15, 0.2) is 0 Å². The SMILES string of the molecule is CCOC(=O)CN1CCC[C@H]1C(=O)N[C@@H](C)C(=O)OC. The van der Waals surface area contributed by atoms with Crippen LogP contribution < -0.4 is 5.32 Å². The molecule has 0 radical (unpaired) electrons. The van der Waals surface area contributed by atoms with Crippen molar-refractivity contribution in [1.29, 1.82) is 0 Å². The lowest BCUT2D eigenvalue weighted by molar-refractivity contribution is -0.147. The van der Waals surface area contributed by atoms with Gasteiger partial charge in [-0.1, -0.05) is 0 Å². The van der Waals surface area contributed by atoms with Crippen LogP contribution in [-0.4, -0.2) is 61.6 Å². The molecule has 1 rings (SSSR count). The Morgan fingerprint density at radius 2 is 2.10 bits per heavy atom. The number of nitrogens with one attached hydrogen (secondary N) is 1. The van der Waals surface area contributed by atoms with Crippen LogP contribution in [0, 0.1) is 0 Å². The fraction of sp³-hybridized carbons (Fsp3) is 0.769. The molecule has 0 aromatic carbocycles. The zero-order valence-corrected chi connectivity index (χ0v) is 12.2. The van der Waals surface area contributed by atoms with Crippen molar-refractivity contribution in [3.63, 3.8) is 0 Å². The summed E-state index contributed by atoms with van der Waals surface area (Å²) in [6.07, 6.45) is 1.50. The Hall–Kier alpha value is -1.63. The van der Waals surface area contributed by atoms with Crippen molar-refractivity contribution < 1.29 is 23.9 Å². The van der Waals surface area contributed by atoms with Gasteiger partial charge in [-0.05, 0) is 33.2 Å². The van der Waals surface area contributed by atoms with E-state index in [0.717, 1.165) is 6.42 Å². The maximum absolute atomic E-state index is 12.1. The molecule has 7 nitrogen and oxygen atoms in total. The summed E-state index contributed by atoms with van der Waals surface area (Å²) in [5, 5.41) is 2.60. The van der Waals surface area contributed by atoms with Crippen LogP contribution in [0.5, 0.6) is 0 Å². The van der Waals surface area contributed by atoms with E-state index >= 15 is 0 Å². The molecule has 1 saturated heterocycles. The summed E-state index contributed by atoms with van der Waals surface area (Å²) in [6.45, 7) is 4.39. The van der Waals surface area contributed by atoms with Gasteiger partial charge in [-0.2, -0.15) is 0 Å². The molecule has 1 aliphatic heterocycles. The number of carbonyl (C=O) groups is 3. The summed E-state index contributed by atoms with van der Waals surface area (Å²) in [5.41, 5.74) is 0. The first kappa shape index (κ1) is 16.4. The highest BCUT2D eigenvalue weighted by atomic mass is 16.5. The van der Waals surface area contributed by atoms with Crippen LogP contribution in [0.1, 0.15) is 26.7 Å². The van der Waals surface area contributed by atoms with E-state index in [1.54, 1.807) is 18.7 Å². The Labute approximate surface area is 118 Å².